The molecule has 0 atom stereocenters. The van der Waals surface area contributed by atoms with Crippen LogP contribution in [0, 0.1) is 12.3 Å². The highest BCUT2D eigenvalue weighted by Gasteiger charge is 2.19. The number of aromatic amines is 1. The Morgan fingerprint density at radius 3 is 2.74 bits per heavy atom. The van der Waals surface area contributed by atoms with Crippen molar-refractivity contribution in [2.24, 2.45) is 11.1 Å². The average Bonchev–Trinajstić information content (AvgIpc) is 2.34. The zero-order valence-corrected chi connectivity index (χ0v) is 11.9. The molecule has 0 aromatic carbocycles. The van der Waals surface area contributed by atoms with Crippen molar-refractivity contribution in [3.63, 3.8) is 0 Å². The predicted molar refractivity (Wildman–Crippen MR) is 76.2 cm³/mol. The Bertz CT molecular complexity index is 492. The molecule has 4 N–H and O–H groups in total. The fourth-order valence-electron chi connectivity index (χ4n) is 1.83. The van der Waals surface area contributed by atoms with Gasteiger partial charge in [-0.25, -0.2) is 0 Å². The largest absolute Gasteiger partial charge is 0.364 e. The molecule has 0 saturated heterocycles. The van der Waals surface area contributed by atoms with E-state index < -0.39 is 0 Å². The van der Waals surface area contributed by atoms with Crippen molar-refractivity contribution in [2.75, 3.05) is 13.1 Å². The van der Waals surface area contributed by atoms with Crippen LogP contribution < -0.4 is 16.5 Å². The number of aromatic nitrogens is 1. The maximum Gasteiger partial charge on any atom is 0.256 e. The van der Waals surface area contributed by atoms with Crippen LogP contribution in [0.2, 0.25) is 0 Å². The molecule has 0 bridgehead atoms. The van der Waals surface area contributed by atoms with E-state index in [1.165, 1.54) is 12.3 Å². The highest BCUT2D eigenvalue weighted by atomic mass is 16.2. The first-order valence-corrected chi connectivity index (χ1v) is 6.53. The zero-order valence-electron chi connectivity index (χ0n) is 11.9. The third kappa shape index (κ3) is 4.87. The molecule has 106 valence electrons. The van der Waals surface area contributed by atoms with Crippen molar-refractivity contribution in [2.45, 2.75) is 33.6 Å². The highest BCUT2D eigenvalue weighted by molar-refractivity contribution is 5.93. The van der Waals surface area contributed by atoms with Gasteiger partial charge in [0.1, 0.15) is 5.56 Å². The third-order valence-corrected chi connectivity index (χ3v) is 3.09. The molecule has 5 nitrogen and oxygen atoms in total. The van der Waals surface area contributed by atoms with Crippen molar-refractivity contribution >= 4 is 5.91 Å². The molecular formula is C14H23N3O2. The van der Waals surface area contributed by atoms with Crippen LogP contribution in [0.3, 0.4) is 0 Å². The Balaban J connectivity index is 2.63. The number of hydrogen-bond acceptors (Lipinski definition) is 3. The molecule has 1 aromatic heterocycles. The number of carbonyl (C=O) groups excluding carboxylic acids is 1. The number of H-pyrrole nitrogens is 1. The summed E-state index contributed by atoms with van der Waals surface area (Å²) in [6, 6.07) is 1.43. The molecule has 1 amide bonds. The van der Waals surface area contributed by atoms with Crippen molar-refractivity contribution in [1.82, 2.24) is 10.3 Å². The second-order valence-corrected chi connectivity index (χ2v) is 5.63. The number of rotatable bonds is 6. The summed E-state index contributed by atoms with van der Waals surface area (Å²) in [7, 11) is 0. The minimum Gasteiger partial charge on any atom is -0.364 e. The first-order valence-electron chi connectivity index (χ1n) is 6.53. The van der Waals surface area contributed by atoms with Crippen LogP contribution >= 0.6 is 0 Å². The SMILES string of the molecule is Cc1cc(=O)c(C(=O)NCC(C)(C)CCCN)c[nH]1. The van der Waals surface area contributed by atoms with E-state index in [0.29, 0.717) is 13.1 Å². The van der Waals surface area contributed by atoms with Crippen molar-refractivity contribution in [3.8, 4) is 0 Å². The Morgan fingerprint density at radius 1 is 1.47 bits per heavy atom. The molecule has 0 aliphatic carbocycles. The molecule has 0 unspecified atom stereocenters. The molecule has 0 spiro atoms. The number of carbonyl (C=O) groups is 1. The third-order valence-electron chi connectivity index (χ3n) is 3.09. The van der Waals surface area contributed by atoms with Crippen LogP contribution in [0.5, 0.6) is 0 Å². The maximum atomic E-state index is 11.9. The smallest absolute Gasteiger partial charge is 0.256 e. The summed E-state index contributed by atoms with van der Waals surface area (Å²) in [6.07, 6.45) is 3.32. The van der Waals surface area contributed by atoms with Gasteiger partial charge in [0.25, 0.3) is 5.91 Å². The lowest BCUT2D eigenvalue weighted by molar-refractivity contribution is 0.0933. The van der Waals surface area contributed by atoms with Crippen LogP contribution in [-0.2, 0) is 0 Å². The Kier molecular flexibility index (Phi) is 5.30. The van der Waals surface area contributed by atoms with Crippen LogP contribution in [0.25, 0.3) is 0 Å². The zero-order chi connectivity index (χ0) is 14.5. The van der Waals surface area contributed by atoms with E-state index in [0.717, 1.165) is 18.5 Å². The molecule has 0 saturated carbocycles. The van der Waals surface area contributed by atoms with Gasteiger partial charge >= 0.3 is 0 Å². The molecule has 0 radical (unpaired) electrons. The van der Waals surface area contributed by atoms with Gasteiger partial charge in [0.05, 0.1) is 0 Å². The number of pyridine rings is 1. The van der Waals surface area contributed by atoms with E-state index in [-0.39, 0.29) is 22.3 Å². The monoisotopic (exact) mass is 265 g/mol. The summed E-state index contributed by atoms with van der Waals surface area (Å²) in [5.74, 6) is -0.331. The van der Waals surface area contributed by atoms with Crippen LogP contribution in [0.4, 0.5) is 0 Å². The lowest BCUT2D eigenvalue weighted by Gasteiger charge is -2.24. The maximum absolute atomic E-state index is 11.9. The minimum absolute atomic E-state index is 0.0213. The summed E-state index contributed by atoms with van der Waals surface area (Å²) in [6.45, 7) is 7.10. The van der Waals surface area contributed by atoms with Gasteiger partial charge in [-0.3, -0.25) is 9.59 Å². The van der Waals surface area contributed by atoms with Gasteiger partial charge in [-0.2, -0.15) is 0 Å². The second kappa shape index (κ2) is 6.52. The number of nitrogens with two attached hydrogens (primary N) is 1. The van der Waals surface area contributed by atoms with E-state index in [1.807, 2.05) is 0 Å². The Hall–Kier alpha value is -1.62. The molecule has 1 rings (SSSR count). The van der Waals surface area contributed by atoms with E-state index in [4.69, 9.17) is 5.73 Å². The molecule has 1 aromatic rings. The quantitative estimate of drug-likeness (QED) is 0.721. The van der Waals surface area contributed by atoms with Crippen molar-refractivity contribution in [3.05, 3.63) is 33.7 Å². The number of nitrogens with one attached hydrogen (secondary N) is 2. The van der Waals surface area contributed by atoms with E-state index in [2.05, 4.69) is 24.1 Å². The topological polar surface area (TPSA) is 88.0 Å². The van der Waals surface area contributed by atoms with Crippen molar-refractivity contribution < 1.29 is 4.79 Å². The molecule has 19 heavy (non-hydrogen) atoms. The van der Waals surface area contributed by atoms with Gasteiger partial charge in [0.2, 0.25) is 0 Å². The van der Waals surface area contributed by atoms with Gasteiger partial charge in [-0.1, -0.05) is 13.8 Å². The second-order valence-electron chi connectivity index (χ2n) is 5.63. The number of amides is 1. The molecule has 0 aliphatic rings. The van der Waals surface area contributed by atoms with Crippen LogP contribution in [0.1, 0.15) is 42.7 Å². The molecule has 0 fully saturated rings. The number of aryl methyl sites for hydroxylation is 1. The Morgan fingerprint density at radius 2 is 2.16 bits per heavy atom. The lowest BCUT2D eigenvalue weighted by Crippen LogP contribution is -2.36. The van der Waals surface area contributed by atoms with Crippen LogP contribution in [0.15, 0.2) is 17.1 Å². The molecular weight excluding hydrogens is 242 g/mol. The summed E-state index contributed by atoms with van der Waals surface area (Å²) < 4.78 is 0. The minimum atomic E-state index is -0.331. The standard InChI is InChI=1S/C14H23N3O2/c1-10-7-12(18)11(8-16-10)13(19)17-9-14(2,3)5-4-6-15/h7-8H,4-6,9,15H2,1-3H3,(H,16,18)(H,17,19). The Labute approximate surface area is 113 Å². The normalized spacial score (nSPS) is 11.4. The van der Waals surface area contributed by atoms with Gasteiger partial charge in [0.15, 0.2) is 5.43 Å². The fraction of sp³-hybridized carbons (Fsp3) is 0.571. The first kappa shape index (κ1) is 15.4. The first-order chi connectivity index (χ1) is 8.85. The molecule has 1 heterocycles. The summed E-state index contributed by atoms with van der Waals surface area (Å²) in [4.78, 5) is 26.5. The van der Waals surface area contributed by atoms with E-state index >= 15 is 0 Å². The van der Waals surface area contributed by atoms with E-state index in [1.54, 1.807) is 6.92 Å². The van der Waals surface area contributed by atoms with E-state index in [9.17, 15) is 9.59 Å². The van der Waals surface area contributed by atoms with Gasteiger partial charge in [0, 0.05) is 24.5 Å². The van der Waals surface area contributed by atoms with Gasteiger partial charge in [-0.05, 0) is 31.7 Å². The summed E-state index contributed by atoms with van der Waals surface area (Å²) >= 11 is 0. The van der Waals surface area contributed by atoms with Gasteiger partial charge < -0.3 is 16.0 Å². The van der Waals surface area contributed by atoms with Gasteiger partial charge in [-0.15, -0.1) is 0 Å². The lowest BCUT2D eigenvalue weighted by atomic mass is 9.87. The average molecular weight is 265 g/mol. The van der Waals surface area contributed by atoms with Crippen LogP contribution in [-0.4, -0.2) is 24.0 Å². The molecule has 5 heteroatoms. The predicted octanol–water partition coefficient (Wildman–Crippen LogP) is 1.18. The summed E-state index contributed by atoms with van der Waals surface area (Å²) in [5.41, 5.74) is 6.10. The molecule has 0 aliphatic heterocycles. The number of hydrogen-bond donors (Lipinski definition) is 3. The summed E-state index contributed by atoms with van der Waals surface area (Å²) in [5, 5.41) is 2.81. The van der Waals surface area contributed by atoms with Crippen molar-refractivity contribution in [1.29, 1.82) is 0 Å². The highest BCUT2D eigenvalue weighted by Crippen LogP contribution is 2.20. The fourth-order valence-corrected chi connectivity index (χ4v) is 1.83.